The summed E-state index contributed by atoms with van der Waals surface area (Å²) in [5.41, 5.74) is 8.43. The molecule has 6 aromatic carbocycles. The molecule has 1 unspecified atom stereocenters. The lowest BCUT2D eigenvalue weighted by Crippen LogP contribution is -2.33. The topological polar surface area (TPSA) is 63.0 Å². The molecule has 0 radical (unpaired) electrons. The van der Waals surface area contributed by atoms with Crippen LogP contribution in [0.5, 0.6) is 0 Å². The predicted molar refractivity (Wildman–Crippen MR) is 178 cm³/mol. The fraction of sp³-hybridized carbons (Fsp3) is 0.0256. The standard InChI is InChI=1S/C39H25N3O2/c1-3-11-24(12-4-1)26-21-22-33-31(23-26)35-29(17-10-20-34(35)43-33)38-40-37(25-13-5-2-6-14-25)41-39(42-38)30-18-9-16-28-27-15-7-8-19-32(27)44-36(28)30/h1-23,37H,(H,40,41,42). The van der Waals surface area contributed by atoms with Gasteiger partial charge >= 0.3 is 0 Å². The molecule has 0 saturated carbocycles. The van der Waals surface area contributed by atoms with Crippen LogP contribution < -0.4 is 5.32 Å². The van der Waals surface area contributed by atoms with Crippen LogP contribution in [0, 0.1) is 0 Å². The zero-order chi connectivity index (χ0) is 29.0. The molecule has 0 aliphatic carbocycles. The highest BCUT2D eigenvalue weighted by Crippen LogP contribution is 2.37. The Kier molecular flexibility index (Phi) is 5.50. The molecular formula is C39H25N3O2. The fourth-order valence-corrected chi connectivity index (χ4v) is 6.27. The molecular weight excluding hydrogens is 542 g/mol. The third-order valence-corrected chi connectivity index (χ3v) is 8.36. The SMILES string of the molecule is c1ccc(-c2ccc3oc4cccc(C5=NC(c6ccccc6)NC(c6cccc7c6oc6ccccc67)=N5)c4c3c2)cc1. The molecule has 5 heteroatoms. The summed E-state index contributed by atoms with van der Waals surface area (Å²) in [4.78, 5) is 10.4. The number of fused-ring (bicyclic) bond motifs is 6. The first kappa shape index (κ1) is 24.6. The number of rotatable bonds is 4. The maximum atomic E-state index is 6.41. The summed E-state index contributed by atoms with van der Waals surface area (Å²) in [6.07, 6.45) is -0.341. The van der Waals surface area contributed by atoms with Gasteiger partial charge in [-0.3, -0.25) is 0 Å². The normalized spacial score (nSPS) is 15.0. The van der Waals surface area contributed by atoms with E-state index in [9.17, 15) is 0 Å². The Balaban J connectivity index is 1.27. The van der Waals surface area contributed by atoms with Gasteiger partial charge in [0.05, 0.1) is 5.56 Å². The van der Waals surface area contributed by atoms with Gasteiger partial charge in [0.2, 0.25) is 0 Å². The number of furan rings is 2. The van der Waals surface area contributed by atoms with Crippen molar-refractivity contribution in [2.24, 2.45) is 9.98 Å². The van der Waals surface area contributed by atoms with E-state index in [2.05, 4.69) is 90.2 Å². The lowest BCUT2D eigenvalue weighted by molar-refractivity contribution is 0.659. The molecule has 0 amide bonds. The molecule has 1 aliphatic heterocycles. The lowest BCUT2D eigenvalue weighted by Gasteiger charge is -2.24. The second-order valence-electron chi connectivity index (χ2n) is 11.0. The summed E-state index contributed by atoms with van der Waals surface area (Å²) < 4.78 is 12.8. The van der Waals surface area contributed by atoms with Crippen molar-refractivity contribution in [3.63, 3.8) is 0 Å². The third-order valence-electron chi connectivity index (χ3n) is 8.36. The van der Waals surface area contributed by atoms with Crippen molar-refractivity contribution in [1.82, 2.24) is 5.32 Å². The van der Waals surface area contributed by atoms with E-state index in [4.69, 9.17) is 18.8 Å². The summed E-state index contributed by atoms with van der Waals surface area (Å²) in [6.45, 7) is 0. The number of hydrogen-bond acceptors (Lipinski definition) is 5. The van der Waals surface area contributed by atoms with Crippen LogP contribution in [-0.2, 0) is 0 Å². The Hall–Kier alpha value is -5.94. The minimum absolute atomic E-state index is 0.341. The van der Waals surface area contributed by atoms with Gasteiger partial charge in [-0.05, 0) is 47.0 Å². The summed E-state index contributed by atoms with van der Waals surface area (Å²) in [7, 11) is 0. The molecule has 0 bridgehead atoms. The first-order valence-corrected chi connectivity index (χ1v) is 14.7. The fourth-order valence-electron chi connectivity index (χ4n) is 6.27. The van der Waals surface area contributed by atoms with Gasteiger partial charge in [-0.2, -0.15) is 0 Å². The second kappa shape index (κ2) is 9.82. The van der Waals surface area contributed by atoms with Crippen LogP contribution in [0.15, 0.2) is 158 Å². The van der Waals surface area contributed by atoms with Crippen LogP contribution in [0.4, 0.5) is 0 Å². The van der Waals surface area contributed by atoms with Crippen molar-refractivity contribution in [1.29, 1.82) is 0 Å². The highest BCUT2D eigenvalue weighted by Gasteiger charge is 2.25. The Labute approximate surface area is 252 Å². The van der Waals surface area contributed by atoms with Gasteiger partial charge in [0.1, 0.15) is 34.3 Å². The minimum Gasteiger partial charge on any atom is -0.456 e. The van der Waals surface area contributed by atoms with Gasteiger partial charge < -0.3 is 14.2 Å². The average Bonchev–Trinajstić information content (AvgIpc) is 3.67. The van der Waals surface area contributed by atoms with Crippen LogP contribution in [0.1, 0.15) is 22.9 Å². The van der Waals surface area contributed by atoms with Crippen LogP contribution in [-0.4, -0.2) is 11.7 Å². The number of benzene rings is 6. The number of nitrogens with one attached hydrogen (secondary N) is 1. The molecule has 1 atom stereocenters. The molecule has 3 heterocycles. The van der Waals surface area contributed by atoms with Crippen molar-refractivity contribution in [3.05, 3.63) is 156 Å². The number of amidine groups is 2. The molecule has 0 spiro atoms. The van der Waals surface area contributed by atoms with Crippen molar-refractivity contribution in [2.75, 3.05) is 0 Å². The Morgan fingerprint density at radius 2 is 1.23 bits per heavy atom. The maximum Gasteiger partial charge on any atom is 0.160 e. The summed E-state index contributed by atoms with van der Waals surface area (Å²) in [6, 6.07) is 47.5. The number of para-hydroxylation sites is 2. The van der Waals surface area contributed by atoms with Crippen LogP contribution in [0.3, 0.4) is 0 Å². The molecule has 0 fully saturated rings. The Bertz CT molecular complexity index is 2420. The maximum absolute atomic E-state index is 6.41. The number of nitrogens with zero attached hydrogens (tertiary/aromatic N) is 2. The monoisotopic (exact) mass is 567 g/mol. The zero-order valence-corrected chi connectivity index (χ0v) is 23.6. The van der Waals surface area contributed by atoms with E-state index in [1.54, 1.807) is 0 Å². The summed E-state index contributed by atoms with van der Waals surface area (Å²) in [5.74, 6) is 1.35. The molecule has 8 aromatic rings. The first-order valence-electron chi connectivity index (χ1n) is 14.7. The van der Waals surface area contributed by atoms with E-state index < -0.39 is 0 Å². The van der Waals surface area contributed by atoms with E-state index in [1.807, 2.05) is 54.6 Å². The van der Waals surface area contributed by atoms with E-state index in [1.165, 1.54) is 0 Å². The average molecular weight is 568 g/mol. The van der Waals surface area contributed by atoms with Gasteiger partial charge in [0, 0.05) is 27.1 Å². The van der Waals surface area contributed by atoms with E-state index in [-0.39, 0.29) is 6.17 Å². The van der Waals surface area contributed by atoms with Gasteiger partial charge in [0.15, 0.2) is 5.84 Å². The van der Waals surface area contributed by atoms with E-state index >= 15 is 0 Å². The van der Waals surface area contributed by atoms with Crippen molar-refractivity contribution in [2.45, 2.75) is 6.17 Å². The number of hydrogen-bond donors (Lipinski definition) is 1. The highest BCUT2D eigenvalue weighted by molar-refractivity contribution is 6.24. The molecule has 208 valence electrons. The van der Waals surface area contributed by atoms with Crippen molar-refractivity contribution < 1.29 is 8.83 Å². The van der Waals surface area contributed by atoms with Crippen molar-refractivity contribution in [3.8, 4) is 11.1 Å². The smallest absolute Gasteiger partial charge is 0.160 e. The van der Waals surface area contributed by atoms with Gasteiger partial charge in [-0.15, -0.1) is 0 Å². The third kappa shape index (κ3) is 3.94. The van der Waals surface area contributed by atoms with Gasteiger partial charge in [0.25, 0.3) is 0 Å². The molecule has 1 aliphatic rings. The molecule has 0 saturated heterocycles. The van der Waals surface area contributed by atoms with Crippen LogP contribution in [0.2, 0.25) is 0 Å². The van der Waals surface area contributed by atoms with E-state index in [0.29, 0.717) is 11.7 Å². The van der Waals surface area contributed by atoms with E-state index in [0.717, 1.165) is 71.7 Å². The molecule has 2 aromatic heterocycles. The first-order chi connectivity index (χ1) is 21.8. The lowest BCUT2D eigenvalue weighted by atomic mass is 10.00. The van der Waals surface area contributed by atoms with Crippen LogP contribution in [0.25, 0.3) is 55.0 Å². The second-order valence-corrected chi connectivity index (χ2v) is 11.0. The largest absolute Gasteiger partial charge is 0.456 e. The molecule has 1 N–H and O–H groups in total. The quantitative estimate of drug-likeness (QED) is 0.230. The number of aliphatic imine (C=N–C) groups is 2. The van der Waals surface area contributed by atoms with Crippen molar-refractivity contribution >= 4 is 55.5 Å². The predicted octanol–water partition coefficient (Wildman–Crippen LogP) is 9.65. The van der Waals surface area contributed by atoms with Gasteiger partial charge in [-0.1, -0.05) is 109 Å². The summed E-state index contributed by atoms with van der Waals surface area (Å²) >= 11 is 0. The Morgan fingerprint density at radius 1 is 0.523 bits per heavy atom. The summed E-state index contributed by atoms with van der Waals surface area (Å²) in [5, 5.41) is 7.78. The minimum atomic E-state index is -0.341. The van der Waals surface area contributed by atoms with Gasteiger partial charge in [-0.25, -0.2) is 9.98 Å². The molecule has 44 heavy (non-hydrogen) atoms. The molecule has 9 rings (SSSR count). The zero-order valence-electron chi connectivity index (χ0n) is 23.6. The highest BCUT2D eigenvalue weighted by atomic mass is 16.3. The Morgan fingerprint density at radius 3 is 2.11 bits per heavy atom. The molecule has 5 nitrogen and oxygen atoms in total. The van der Waals surface area contributed by atoms with Crippen LogP contribution >= 0.6 is 0 Å².